The molecule has 2 aliphatic carbocycles. The van der Waals surface area contributed by atoms with Crippen LogP contribution in [0.15, 0.2) is 46.1 Å². The van der Waals surface area contributed by atoms with Gasteiger partial charge in [-0.1, -0.05) is 51.8 Å². The van der Waals surface area contributed by atoms with Gasteiger partial charge in [0.2, 0.25) is 0 Å². The van der Waals surface area contributed by atoms with Crippen molar-refractivity contribution in [3.8, 4) is 0 Å². The summed E-state index contributed by atoms with van der Waals surface area (Å²) in [5, 5.41) is 0. The summed E-state index contributed by atoms with van der Waals surface area (Å²) in [4.78, 5) is 0. The zero-order chi connectivity index (χ0) is 14.4. The Bertz CT molecular complexity index is 454. The molecule has 0 N–H and O–H groups in total. The molecule has 0 heteroatoms. The second-order valence-electron chi connectivity index (χ2n) is 6.03. The second kappa shape index (κ2) is 7.67. The minimum atomic E-state index is 1.15. The van der Waals surface area contributed by atoms with Crippen molar-refractivity contribution in [2.45, 2.75) is 78.6 Å². The maximum Gasteiger partial charge on any atom is -0.00828 e. The van der Waals surface area contributed by atoms with Crippen molar-refractivity contribution in [1.29, 1.82) is 0 Å². The van der Waals surface area contributed by atoms with Gasteiger partial charge in [0.05, 0.1) is 0 Å². The smallest absolute Gasteiger partial charge is 0.00828 e. The largest absolute Gasteiger partial charge is 0.0769 e. The Hall–Kier alpha value is -1.04. The molecule has 0 atom stereocenters. The highest BCUT2D eigenvalue weighted by Crippen LogP contribution is 2.41. The molecule has 0 radical (unpaired) electrons. The molecular formula is C20H30. The molecule has 0 amide bonds. The van der Waals surface area contributed by atoms with E-state index in [1.54, 1.807) is 27.9 Å². The monoisotopic (exact) mass is 270 g/mol. The fourth-order valence-electron chi connectivity index (χ4n) is 3.44. The van der Waals surface area contributed by atoms with Crippen LogP contribution in [0.2, 0.25) is 0 Å². The van der Waals surface area contributed by atoms with Crippen LogP contribution in [0.3, 0.4) is 0 Å². The lowest BCUT2D eigenvalue weighted by Crippen LogP contribution is -1.96. The van der Waals surface area contributed by atoms with E-state index < -0.39 is 0 Å². The molecule has 0 saturated carbocycles. The Labute approximate surface area is 125 Å². The first-order valence-corrected chi connectivity index (χ1v) is 8.63. The third-order valence-corrected chi connectivity index (χ3v) is 4.62. The summed E-state index contributed by atoms with van der Waals surface area (Å²) in [5.41, 5.74) is 8.20. The molecule has 0 aliphatic heterocycles. The topological polar surface area (TPSA) is 0 Å². The standard InChI is InChI=1S/C20H30/c1-4-7-10-17-14-15-20(19(17)12-8-5-2)18-13-9-11-16(18)6-3/h11,13-14H,4-10,12,15H2,1-3H3. The van der Waals surface area contributed by atoms with Crippen LogP contribution < -0.4 is 0 Å². The van der Waals surface area contributed by atoms with Gasteiger partial charge in [0.25, 0.3) is 0 Å². The van der Waals surface area contributed by atoms with E-state index in [9.17, 15) is 0 Å². The molecular weight excluding hydrogens is 240 g/mol. The van der Waals surface area contributed by atoms with Gasteiger partial charge in [-0.2, -0.15) is 0 Å². The summed E-state index contributed by atoms with van der Waals surface area (Å²) < 4.78 is 0. The highest BCUT2D eigenvalue weighted by atomic mass is 14.3. The maximum absolute atomic E-state index is 2.52. The quantitative estimate of drug-likeness (QED) is 0.462. The number of allylic oxidation sites excluding steroid dienone is 8. The minimum Gasteiger partial charge on any atom is -0.0769 e. The van der Waals surface area contributed by atoms with E-state index in [-0.39, 0.29) is 0 Å². The van der Waals surface area contributed by atoms with Gasteiger partial charge in [-0.3, -0.25) is 0 Å². The van der Waals surface area contributed by atoms with Crippen molar-refractivity contribution in [3.05, 3.63) is 46.1 Å². The molecule has 0 nitrogen and oxygen atoms in total. The third-order valence-electron chi connectivity index (χ3n) is 4.62. The third kappa shape index (κ3) is 3.34. The predicted molar refractivity (Wildman–Crippen MR) is 89.9 cm³/mol. The Balaban J connectivity index is 2.21. The average molecular weight is 270 g/mol. The first kappa shape index (κ1) is 15.4. The maximum atomic E-state index is 2.52. The minimum absolute atomic E-state index is 1.15. The highest BCUT2D eigenvalue weighted by Gasteiger charge is 2.22. The number of rotatable bonds is 8. The molecule has 0 aromatic carbocycles. The fraction of sp³-hybridized carbons (Fsp3) is 0.600. The Morgan fingerprint density at radius 3 is 2.30 bits per heavy atom. The Morgan fingerprint density at radius 1 is 0.850 bits per heavy atom. The van der Waals surface area contributed by atoms with Crippen LogP contribution in [0.4, 0.5) is 0 Å². The van der Waals surface area contributed by atoms with E-state index in [0.29, 0.717) is 0 Å². The summed E-state index contributed by atoms with van der Waals surface area (Å²) in [6.45, 7) is 6.89. The van der Waals surface area contributed by atoms with Crippen LogP contribution in [0, 0.1) is 0 Å². The van der Waals surface area contributed by atoms with Crippen molar-refractivity contribution in [3.63, 3.8) is 0 Å². The van der Waals surface area contributed by atoms with Crippen LogP contribution in [-0.4, -0.2) is 0 Å². The summed E-state index contributed by atoms with van der Waals surface area (Å²) >= 11 is 0. The lowest BCUT2D eigenvalue weighted by molar-refractivity contribution is 0.753. The van der Waals surface area contributed by atoms with E-state index in [4.69, 9.17) is 0 Å². The van der Waals surface area contributed by atoms with Crippen LogP contribution >= 0.6 is 0 Å². The molecule has 0 heterocycles. The van der Waals surface area contributed by atoms with Crippen LogP contribution in [0.25, 0.3) is 0 Å². The zero-order valence-corrected chi connectivity index (χ0v) is 13.6. The predicted octanol–water partition coefficient (Wildman–Crippen LogP) is 6.66. The first-order chi connectivity index (χ1) is 9.81. The summed E-state index contributed by atoms with van der Waals surface area (Å²) in [6, 6.07) is 0. The normalized spacial score (nSPS) is 18.4. The van der Waals surface area contributed by atoms with E-state index in [2.05, 4.69) is 39.0 Å². The number of hydrogen-bond acceptors (Lipinski definition) is 0. The van der Waals surface area contributed by atoms with Gasteiger partial charge in [-0.15, -0.1) is 0 Å². The molecule has 0 unspecified atom stereocenters. The fourth-order valence-corrected chi connectivity index (χ4v) is 3.44. The van der Waals surface area contributed by atoms with Crippen molar-refractivity contribution < 1.29 is 0 Å². The van der Waals surface area contributed by atoms with E-state index >= 15 is 0 Å². The lowest BCUT2D eigenvalue weighted by atomic mass is 9.90. The van der Waals surface area contributed by atoms with E-state index in [0.717, 1.165) is 6.42 Å². The first-order valence-electron chi connectivity index (χ1n) is 8.63. The van der Waals surface area contributed by atoms with Gasteiger partial charge in [0.15, 0.2) is 0 Å². The van der Waals surface area contributed by atoms with Crippen LogP contribution in [0.1, 0.15) is 78.6 Å². The Morgan fingerprint density at radius 2 is 1.60 bits per heavy atom. The van der Waals surface area contributed by atoms with Gasteiger partial charge in [0, 0.05) is 0 Å². The van der Waals surface area contributed by atoms with E-state index in [1.807, 2.05) is 0 Å². The van der Waals surface area contributed by atoms with Gasteiger partial charge < -0.3 is 0 Å². The van der Waals surface area contributed by atoms with Gasteiger partial charge in [0.1, 0.15) is 0 Å². The molecule has 2 aliphatic rings. The average Bonchev–Trinajstić information content (AvgIpc) is 3.08. The van der Waals surface area contributed by atoms with Gasteiger partial charge >= 0.3 is 0 Å². The number of unbranched alkanes of at least 4 members (excludes halogenated alkanes) is 2. The molecule has 0 saturated heterocycles. The van der Waals surface area contributed by atoms with Crippen molar-refractivity contribution in [2.24, 2.45) is 0 Å². The second-order valence-corrected chi connectivity index (χ2v) is 6.03. The van der Waals surface area contributed by atoms with Crippen LogP contribution in [-0.2, 0) is 0 Å². The lowest BCUT2D eigenvalue weighted by Gasteiger charge is -2.15. The molecule has 20 heavy (non-hydrogen) atoms. The molecule has 110 valence electrons. The molecule has 0 spiro atoms. The van der Waals surface area contributed by atoms with Gasteiger partial charge in [-0.25, -0.2) is 0 Å². The summed E-state index contributed by atoms with van der Waals surface area (Å²) in [7, 11) is 0. The Kier molecular flexibility index (Phi) is 5.88. The zero-order valence-electron chi connectivity index (χ0n) is 13.6. The molecule has 0 aromatic rings. The number of hydrogen-bond donors (Lipinski definition) is 0. The molecule has 2 rings (SSSR count). The molecule has 0 fully saturated rings. The summed E-state index contributed by atoms with van der Waals surface area (Å²) in [5.74, 6) is 0. The highest BCUT2D eigenvalue weighted by molar-refractivity contribution is 5.59. The molecule has 0 bridgehead atoms. The van der Waals surface area contributed by atoms with Crippen molar-refractivity contribution >= 4 is 0 Å². The van der Waals surface area contributed by atoms with Crippen molar-refractivity contribution in [1.82, 2.24) is 0 Å². The van der Waals surface area contributed by atoms with Crippen LogP contribution in [0.5, 0.6) is 0 Å². The molecule has 0 aromatic heterocycles. The SMILES string of the molecule is CCCCC1=CCC(C2=CCC=C2CC)=C1CCCC. The van der Waals surface area contributed by atoms with E-state index in [1.165, 1.54) is 51.4 Å². The van der Waals surface area contributed by atoms with Crippen molar-refractivity contribution in [2.75, 3.05) is 0 Å². The summed E-state index contributed by atoms with van der Waals surface area (Å²) in [6.07, 6.45) is 18.8. The van der Waals surface area contributed by atoms with Gasteiger partial charge in [-0.05, 0) is 72.8 Å².